The van der Waals surface area contributed by atoms with Gasteiger partial charge in [-0.25, -0.2) is 4.98 Å². The van der Waals surface area contributed by atoms with E-state index in [-0.39, 0.29) is 5.91 Å². The van der Waals surface area contributed by atoms with Crippen molar-refractivity contribution >= 4 is 17.2 Å². The van der Waals surface area contributed by atoms with Gasteiger partial charge in [0.2, 0.25) is 5.91 Å². The van der Waals surface area contributed by atoms with Crippen LogP contribution >= 0.6 is 11.3 Å². The van der Waals surface area contributed by atoms with Gasteiger partial charge >= 0.3 is 0 Å². The summed E-state index contributed by atoms with van der Waals surface area (Å²) in [5, 5.41) is 5.73. The molecule has 0 spiro atoms. The van der Waals surface area contributed by atoms with Crippen molar-refractivity contribution in [2.75, 3.05) is 13.1 Å². The maximum absolute atomic E-state index is 12.5. The third-order valence-corrected chi connectivity index (χ3v) is 6.48. The molecule has 3 heterocycles. The highest BCUT2D eigenvalue weighted by atomic mass is 32.1. The molecule has 24 heavy (non-hydrogen) atoms. The third kappa shape index (κ3) is 3.11. The largest absolute Gasteiger partial charge is 0.342 e. The maximum atomic E-state index is 12.5. The molecule has 5 nitrogen and oxygen atoms in total. The predicted molar refractivity (Wildman–Crippen MR) is 94.3 cm³/mol. The number of thiazole rings is 1. The molecule has 128 valence electrons. The van der Waals surface area contributed by atoms with Crippen LogP contribution in [0.25, 0.3) is 0 Å². The van der Waals surface area contributed by atoms with Gasteiger partial charge in [0, 0.05) is 36.6 Å². The lowest BCUT2D eigenvalue weighted by atomic mass is 9.97. The summed E-state index contributed by atoms with van der Waals surface area (Å²) in [6, 6.07) is 1.95. The summed E-state index contributed by atoms with van der Waals surface area (Å²) >= 11 is 1.92. The van der Waals surface area contributed by atoms with Crippen molar-refractivity contribution in [1.82, 2.24) is 19.7 Å². The highest BCUT2D eigenvalue weighted by molar-refractivity contribution is 7.11. The molecular weight excluding hydrogens is 320 g/mol. The van der Waals surface area contributed by atoms with Crippen LogP contribution in [0.2, 0.25) is 0 Å². The molecule has 1 amide bonds. The number of hydrogen-bond donors (Lipinski definition) is 0. The van der Waals surface area contributed by atoms with Crippen LogP contribution in [0.3, 0.4) is 0 Å². The molecule has 2 aliphatic rings. The van der Waals surface area contributed by atoms with Crippen LogP contribution in [-0.4, -0.2) is 38.7 Å². The van der Waals surface area contributed by atoms with E-state index in [1.165, 1.54) is 28.4 Å². The highest BCUT2D eigenvalue weighted by Gasteiger charge is 2.27. The first-order chi connectivity index (χ1) is 11.7. The van der Waals surface area contributed by atoms with Gasteiger partial charge in [0.05, 0.1) is 22.8 Å². The first-order valence-corrected chi connectivity index (χ1v) is 9.83. The van der Waals surface area contributed by atoms with Gasteiger partial charge in [-0.3, -0.25) is 9.48 Å². The average molecular weight is 344 g/mol. The van der Waals surface area contributed by atoms with Crippen molar-refractivity contribution in [3.63, 3.8) is 0 Å². The third-order valence-electron chi connectivity index (χ3n) is 5.16. The maximum Gasteiger partial charge on any atom is 0.228 e. The van der Waals surface area contributed by atoms with E-state index < -0.39 is 0 Å². The van der Waals surface area contributed by atoms with Gasteiger partial charge < -0.3 is 4.90 Å². The molecule has 0 radical (unpaired) electrons. The number of carbonyl (C=O) groups is 1. The van der Waals surface area contributed by atoms with Gasteiger partial charge in [-0.05, 0) is 45.1 Å². The molecular formula is C18H24N4OS. The van der Waals surface area contributed by atoms with E-state index in [0.29, 0.717) is 12.3 Å². The fourth-order valence-corrected chi connectivity index (χ4v) is 5.02. The van der Waals surface area contributed by atoms with Gasteiger partial charge in [-0.15, -0.1) is 11.3 Å². The molecule has 0 saturated carbocycles. The van der Waals surface area contributed by atoms with Crippen molar-refractivity contribution in [1.29, 1.82) is 0 Å². The zero-order valence-electron chi connectivity index (χ0n) is 14.2. The number of nitrogens with zero attached hydrogens (tertiary/aromatic N) is 4. The molecule has 1 aliphatic heterocycles. The number of fused-ring (bicyclic) bond motifs is 1. The lowest BCUT2D eigenvalue weighted by molar-refractivity contribution is -0.131. The van der Waals surface area contributed by atoms with Gasteiger partial charge in [0.15, 0.2) is 0 Å². The standard InChI is InChI=1S/C18H24N4OS/c1-2-22-11-8-14(20-22)12-17(23)21-9-6-13(7-10-21)18-19-15-4-3-5-16(15)24-18/h8,11,13H,2-7,9-10,12H2,1H3. The Morgan fingerprint density at radius 2 is 2.17 bits per heavy atom. The Hall–Kier alpha value is -1.69. The lowest BCUT2D eigenvalue weighted by Gasteiger charge is -2.31. The summed E-state index contributed by atoms with van der Waals surface area (Å²) in [7, 11) is 0. The second-order valence-electron chi connectivity index (χ2n) is 6.77. The van der Waals surface area contributed by atoms with E-state index >= 15 is 0 Å². The Morgan fingerprint density at radius 1 is 1.33 bits per heavy atom. The minimum absolute atomic E-state index is 0.205. The average Bonchev–Trinajstić information content (AvgIpc) is 3.30. The van der Waals surface area contributed by atoms with Crippen LogP contribution in [0, 0.1) is 0 Å². The molecule has 0 N–H and O–H groups in total. The molecule has 1 fully saturated rings. The minimum atomic E-state index is 0.205. The highest BCUT2D eigenvalue weighted by Crippen LogP contribution is 2.35. The lowest BCUT2D eigenvalue weighted by Crippen LogP contribution is -2.38. The van der Waals surface area contributed by atoms with Gasteiger partial charge in [-0.1, -0.05) is 0 Å². The van der Waals surface area contributed by atoms with Crippen molar-refractivity contribution in [3.05, 3.63) is 33.5 Å². The van der Waals surface area contributed by atoms with Crippen LogP contribution in [0.15, 0.2) is 12.3 Å². The number of piperidine rings is 1. The smallest absolute Gasteiger partial charge is 0.228 e. The zero-order chi connectivity index (χ0) is 16.5. The summed E-state index contributed by atoms with van der Waals surface area (Å²) in [5.41, 5.74) is 2.22. The molecule has 1 aliphatic carbocycles. The first kappa shape index (κ1) is 15.8. The fraction of sp³-hybridized carbons (Fsp3) is 0.611. The predicted octanol–water partition coefficient (Wildman–Crippen LogP) is 2.80. The van der Waals surface area contributed by atoms with E-state index in [1.807, 2.05) is 33.2 Å². The molecule has 0 aromatic carbocycles. The van der Waals surface area contributed by atoms with E-state index in [4.69, 9.17) is 4.98 Å². The fourth-order valence-electron chi connectivity index (χ4n) is 3.70. The molecule has 0 atom stereocenters. The molecule has 2 aromatic heterocycles. The number of rotatable bonds is 4. The first-order valence-electron chi connectivity index (χ1n) is 9.01. The van der Waals surface area contributed by atoms with Gasteiger partial charge in [0.25, 0.3) is 0 Å². The number of carbonyl (C=O) groups excluding carboxylic acids is 1. The van der Waals surface area contributed by atoms with E-state index in [0.717, 1.165) is 44.6 Å². The molecule has 4 rings (SSSR count). The molecule has 0 bridgehead atoms. The van der Waals surface area contributed by atoms with E-state index in [1.54, 1.807) is 0 Å². The van der Waals surface area contributed by atoms with E-state index in [9.17, 15) is 4.79 Å². The SMILES string of the molecule is CCn1ccc(CC(=O)N2CCC(c3nc4c(s3)CCC4)CC2)n1. The molecule has 1 saturated heterocycles. The van der Waals surface area contributed by atoms with Crippen molar-refractivity contribution < 1.29 is 4.79 Å². The number of aromatic nitrogens is 3. The molecule has 6 heteroatoms. The summed E-state index contributed by atoms with van der Waals surface area (Å²) in [6.07, 6.45) is 8.10. The van der Waals surface area contributed by atoms with E-state index in [2.05, 4.69) is 12.0 Å². The number of likely N-dealkylation sites (tertiary alicyclic amines) is 1. The zero-order valence-corrected chi connectivity index (χ0v) is 15.0. The van der Waals surface area contributed by atoms with Gasteiger partial charge in [0.1, 0.15) is 0 Å². The Bertz CT molecular complexity index is 706. The van der Waals surface area contributed by atoms with Crippen molar-refractivity contribution in [2.24, 2.45) is 0 Å². The summed E-state index contributed by atoms with van der Waals surface area (Å²) in [6.45, 7) is 4.60. The number of aryl methyl sites for hydroxylation is 3. The van der Waals surface area contributed by atoms with Crippen LogP contribution in [-0.2, 0) is 30.6 Å². The molecule has 0 unspecified atom stereocenters. The number of amides is 1. The Kier molecular flexibility index (Phi) is 4.39. The summed E-state index contributed by atoms with van der Waals surface area (Å²) in [4.78, 5) is 20.9. The van der Waals surface area contributed by atoms with Crippen LogP contribution in [0.1, 0.15) is 53.4 Å². The summed E-state index contributed by atoms with van der Waals surface area (Å²) in [5.74, 6) is 0.750. The Balaban J connectivity index is 1.32. The second kappa shape index (κ2) is 6.67. The monoisotopic (exact) mass is 344 g/mol. The van der Waals surface area contributed by atoms with Crippen LogP contribution < -0.4 is 0 Å². The quantitative estimate of drug-likeness (QED) is 0.857. The Labute approximate surface area is 146 Å². The second-order valence-corrected chi connectivity index (χ2v) is 7.89. The van der Waals surface area contributed by atoms with Crippen LogP contribution in [0.4, 0.5) is 0 Å². The topological polar surface area (TPSA) is 51.0 Å². The van der Waals surface area contributed by atoms with Crippen molar-refractivity contribution in [2.45, 2.75) is 57.9 Å². The normalized spacial score (nSPS) is 18.1. The number of hydrogen-bond acceptors (Lipinski definition) is 4. The molecule has 2 aromatic rings. The minimum Gasteiger partial charge on any atom is -0.342 e. The van der Waals surface area contributed by atoms with Crippen molar-refractivity contribution in [3.8, 4) is 0 Å². The van der Waals surface area contributed by atoms with Gasteiger partial charge in [-0.2, -0.15) is 5.10 Å². The Morgan fingerprint density at radius 3 is 2.88 bits per heavy atom. The van der Waals surface area contributed by atoms with Crippen LogP contribution in [0.5, 0.6) is 0 Å². The summed E-state index contributed by atoms with van der Waals surface area (Å²) < 4.78 is 1.87.